The Kier molecular flexibility index (Phi) is 3.30. The number of aryl methyl sites for hydroxylation is 1. The van der Waals surface area contributed by atoms with Gasteiger partial charge in [0, 0.05) is 30.6 Å². The molecule has 0 bridgehead atoms. The summed E-state index contributed by atoms with van der Waals surface area (Å²) in [6.45, 7) is 4.81. The van der Waals surface area contributed by atoms with Crippen molar-refractivity contribution < 1.29 is 4.74 Å². The molecule has 98 valence electrons. The lowest BCUT2D eigenvalue weighted by Crippen LogP contribution is -2.27. The molecule has 2 N–H and O–H groups in total. The van der Waals surface area contributed by atoms with E-state index < -0.39 is 0 Å². The standard InChI is InChI=1S/C14H19ClN2O/c1-14(2,8-16)9-7-17(3)13-11(18-4)6-5-10(15)12(9)13/h5-7H,8,16H2,1-4H3. The van der Waals surface area contributed by atoms with Crippen molar-refractivity contribution in [1.82, 2.24) is 4.57 Å². The Morgan fingerprint density at radius 1 is 1.39 bits per heavy atom. The molecule has 0 aliphatic rings. The summed E-state index contributed by atoms with van der Waals surface area (Å²) in [6.07, 6.45) is 2.09. The summed E-state index contributed by atoms with van der Waals surface area (Å²) in [6, 6.07) is 3.77. The minimum atomic E-state index is -0.116. The van der Waals surface area contributed by atoms with E-state index >= 15 is 0 Å². The molecule has 2 rings (SSSR count). The molecule has 1 heterocycles. The molecular formula is C14H19ClN2O. The average Bonchev–Trinajstić information content (AvgIpc) is 2.70. The third kappa shape index (κ3) is 1.88. The predicted molar refractivity (Wildman–Crippen MR) is 76.6 cm³/mol. The molecule has 2 aromatic rings. The van der Waals surface area contributed by atoms with E-state index in [0.29, 0.717) is 6.54 Å². The number of hydrogen-bond donors (Lipinski definition) is 1. The van der Waals surface area contributed by atoms with Crippen molar-refractivity contribution in [2.75, 3.05) is 13.7 Å². The van der Waals surface area contributed by atoms with Crippen LogP contribution in [0.4, 0.5) is 0 Å². The van der Waals surface area contributed by atoms with Crippen LogP contribution >= 0.6 is 11.6 Å². The van der Waals surface area contributed by atoms with Crippen LogP contribution in [0.2, 0.25) is 5.02 Å². The maximum Gasteiger partial charge on any atom is 0.143 e. The highest BCUT2D eigenvalue weighted by atomic mass is 35.5. The first kappa shape index (κ1) is 13.2. The van der Waals surface area contributed by atoms with E-state index in [2.05, 4.69) is 20.0 Å². The second kappa shape index (κ2) is 4.48. The van der Waals surface area contributed by atoms with Gasteiger partial charge in [-0.1, -0.05) is 25.4 Å². The Bertz CT molecular complexity index is 587. The van der Waals surface area contributed by atoms with Crippen LogP contribution in [-0.2, 0) is 12.5 Å². The Labute approximate surface area is 112 Å². The predicted octanol–water partition coefficient (Wildman–Crippen LogP) is 3.08. The zero-order valence-electron chi connectivity index (χ0n) is 11.2. The summed E-state index contributed by atoms with van der Waals surface area (Å²) in [5.74, 6) is 0.830. The number of halogens is 1. The molecule has 1 aromatic heterocycles. The van der Waals surface area contributed by atoms with Gasteiger partial charge in [0.1, 0.15) is 5.75 Å². The molecule has 4 heteroatoms. The summed E-state index contributed by atoms with van der Waals surface area (Å²) >= 11 is 6.36. The van der Waals surface area contributed by atoms with Gasteiger partial charge < -0.3 is 15.0 Å². The molecular weight excluding hydrogens is 248 g/mol. The number of methoxy groups -OCH3 is 1. The largest absolute Gasteiger partial charge is 0.495 e. The van der Waals surface area contributed by atoms with Gasteiger partial charge in [0.2, 0.25) is 0 Å². The number of hydrogen-bond acceptors (Lipinski definition) is 2. The fourth-order valence-electron chi connectivity index (χ4n) is 2.26. The lowest BCUT2D eigenvalue weighted by molar-refractivity contribution is 0.418. The quantitative estimate of drug-likeness (QED) is 0.927. The zero-order valence-corrected chi connectivity index (χ0v) is 12.0. The number of rotatable bonds is 3. The van der Waals surface area contributed by atoms with Crippen LogP contribution in [0.1, 0.15) is 19.4 Å². The molecule has 0 aliphatic heterocycles. The maximum atomic E-state index is 6.36. The van der Waals surface area contributed by atoms with Gasteiger partial charge in [-0.2, -0.15) is 0 Å². The SMILES string of the molecule is COc1ccc(Cl)c2c(C(C)(C)CN)cn(C)c12. The summed E-state index contributed by atoms with van der Waals surface area (Å²) < 4.78 is 7.46. The monoisotopic (exact) mass is 266 g/mol. The molecule has 1 aromatic carbocycles. The fraction of sp³-hybridized carbons (Fsp3) is 0.429. The summed E-state index contributed by atoms with van der Waals surface area (Å²) in [5, 5.41) is 1.77. The first-order valence-corrected chi connectivity index (χ1v) is 6.32. The smallest absolute Gasteiger partial charge is 0.143 e. The lowest BCUT2D eigenvalue weighted by atomic mass is 9.84. The first-order chi connectivity index (χ1) is 8.42. The Balaban J connectivity index is 2.86. The highest BCUT2D eigenvalue weighted by molar-refractivity contribution is 6.36. The molecule has 0 amide bonds. The molecule has 0 saturated heterocycles. The molecule has 0 spiro atoms. The third-order valence-corrected chi connectivity index (χ3v) is 3.81. The third-order valence-electron chi connectivity index (χ3n) is 3.49. The molecule has 0 radical (unpaired) electrons. The van der Waals surface area contributed by atoms with Crippen LogP contribution in [-0.4, -0.2) is 18.2 Å². The van der Waals surface area contributed by atoms with Crippen LogP contribution in [0.25, 0.3) is 10.9 Å². The van der Waals surface area contributed by atoms with Crippen molar-refractivity contribution in [3.05, 3.63) is 28.9 Å². The van der Waals surface area contributed by atoms with E-state index in [4.69, 9.17) is 22.1 Å². The Morgan fingerprint density at radius 3 is 2.61 bits per heavy atom. The van der Waals surface area contributed by atoms with Gasteiger partial charge in [0.15, 0.2) is 0 Å². The average molecular weight is 267 g/mol. The van der Waals surface area contributed by atoms with Crippen LogP contribution in [0.3, 0.4) is 0 Å². The van der Waals surface area contributed by atoms with Crippen molar-refractivity contribution in [1.29, 1.82) is 0 Å². The number of fused-ring (bicyclic) bond motifs is 1. The van der Waals surface area contributed by atoms with E-state index in [1.165, 1.54) is 0 Å². The van der Waals surface area contributed by atoms with Gasteiger partial charge in [-0.25, -0.2) is 0 Å². The number of nitrogens with two attached hydrogens (primary N) is 1. The summed E-state index contributed by atoms with van der Waals surface area (Å²) in [4.78, 5) is 0. The molecule has 0 unspecified atom stereocenters. The van der Waals surface area contributed by atoms with E-state index in [9.17, 15) is 0 Å². The van der Waals surface area contributed by atoms with Gasteiger partial charge in [-0.3, -0.25) is 0 Å². The fourth-order valence-corrected chi connectivity index (χ4v) is 2.52. The van der Waals surface area contributed by atoms with Crippen molar-refractivity contribution in [3.63, 3.8) is 0 Å². The van der Waals surface area contributed by atoms with Crippen LogP contribution in [0.15, 0.2) is 18.3 Å². The molecule has 0 aliphatic carbocycles. The highest BCUT2D eigenvalue weighted by Gasteiger charge is 2.25. The van der Waals surface area contributed by atoms with Gasteiger partial charge in [-0.05, 0) is 17.7 Å². The van der Waals surface area contributed by atoms with Crippen LogP contribution in [0.5, 0.6) is 5.75 Å². The van der Waals surface area contributed by atoms with Crippen molar-refractivity contribution >= 4 is 22.5 Å². The molecule has 18 heavy (non-hydrogen) atoms. The van der Waals surface area contributed by atoms with Crippen LogP contribution < -0.4 is 10.5 Å². The number of ether oxygens (including phenoxy) is 1. The van der Waals surface area contributed by atoms with Gasteiger partial charge >= 0.3 is 0 Å². The highest BCUT2D eigenvalue weighted by Crippen LogP contribution is 2.39. The van der Waals surface area contributed by atoms with Gasteiger partial charge in [0.05, 0.1) is 17.6 Å². The second-order valence-electron chi connectivity index (χ2n) is 5.21. The molecule has 0 fully saturated rings. The van der Waals surface area contributed by atoms with Gasteiger partial charge in [0.25, 0.3) is 0 Å². The minimum Gasteiger partial charge on any atom is -0.495 e. The maximum absolute atomic E-state index is 6.36. The van der Waals surface area contributed by atoms with E-state index in [-0.39, 0.29) is 5.41 Å². The van der Waals surface area contributed by atoms with E-state index in [1.807, 2.05) is 23.7 Å². The van der Waals surface area contributed by atoms with Crippen LogP contribution in [0, 0.1) is 0 Å². The lowest BCUT2D eigenvalue weighted by Gasteiger charge is -2.22. The summed E-state index contributed by atoms with van der Waals surface area (Å²) in [5.41, 5.74) is 7.93. The van der Waals surface area contributed by atoms with Crippen molar-refractivity contribution in [2.24, 2.45) is 12.8 Å². The molecule has 0 saturated carbocycles. The number of aromatic nitrogens is 1. The Hall–Kier alpha value is -1.19. The molecule has 0 atom stereocenters. The van der Waals surface area contributed by atoms with Crippen molar-refractivity contribution in [3.8, 4) is 5.75 Å². The normalized spacial score (nSPS) is 12.1. The number of nitrogens with zero attached hydrogens (tertiary/aromatic N) is 1. The van der Waals surface area contributed by atoms with Crippen molar-refractivity contribution in [2.45, 2.75) is 19.3 Å². The van der Waals surface area contributed by atoms with Gasteiger partial charge in [-0.15, -0.1) is 0 Å². The summed E-state index contributed by atoms with van der Waals surface area (Å²) in [7, 11) is 3.67. The van der Waals surface area contributed by atoms with E-state index in [1.54, 1.807) is 7.11 Å². The zero-order chi connectivity index (χ0) is 13.5. The molecule has 3 nitrogen and oxygen atoms in total. The van der Waals surface area contributed by atoms with E-state index in [0.717, 1.165) is 27.2 Å². The Morgan fingerprint density at radius 2 is 2.06 bits per heavy atom. The minimum absolute atomic E-state index is 0.116. The first-order valence-electron chi connectivity index (χ1n) is 5.94. The second-order valence-corrected chi connectivity index (χ2v) is 5.62. The topological polar surface area (TPSA) is 40.2 Å². The number of benzene rings is 1.